The summed E-state index contributed by atoms with van der Waals surface area (Å²) in [6.07, 6.45) is 11.3. The van der Waals surface area contributed by atoms with Crippen molar-refractivity contribution in [1.29, 1.82) is 0 Å². The Kier molecular flexibility index (Phi) is 16.0. The minimum absolute atomic E-state index is 0.619. The molecule has 0 saturated heterocycles. The SMILES string of the molecule is CCCCCC#CCOCCCCCCCBr. The van der Waals surface area contributed by atoms with Gasteiger partial charge in [0.15, 0.2) is 0 Å². The van der Waals surface area contributed by atoms with Crippen LogP contribution < -0.4 is 0 Å². The number of alkyl halides is 1. The van der Waals surface area contributed by atoms with Crippen molar-refractivity contribution in [2.24, 2.45) is 0 Å². The number of hydrogen-bond donors (Lipinski definition) is 0. The van der Waals surface area contributed by atoms with E-state index in [0.717, 1.165) is 18.4 Å². The molecule has 0 atom stereocenters. The third-order valence-electron chi connectivity index (χ3n) is 2.63. The lowest BCUT2D eigenvalue weighted by Gasteiger charge is -2.00. The molecule has 0 bridgehead atoms. The number of rotatable bonds is 11. The highest BCUT2D eigenvalue weighted by molar-refractivity contribution is 9.09. The summed E-state index contributed by atoms with van der Waals surface area (Å²) in [7, 11) is 0. The summed E-state index contributed by atoms with van der Waals surface area (Å²) in [4.78, 5) is 0. The molecule has 0 rings (SSSR count). The molecule has 0 heterocycles. The second-order valence-corrected chi connectivity index (χ2v) is 5.11. The Balaban J connectivity index is 3.02. The van der Waals surface area contributed by atoms with Crippen LogP contribution in [-0.2, 0) is 4.74 Å². The van der Waals surface area contributed by atoms with E-state index < -0.39 is 0 Å². The van der Waals surface area contributed by atoms with Gasteiger partial charge in [0, 0.05) is 18.4 Å². The van der Waals surface area contributed by atoms with Crippen LogP contribution in [0.1, 0.15) is 64.7 Å². The fraction of sp³-hybridized carbons (Fsp3) is 0.867. The molecule has 0 saturated carbocycles. The number of halogens is 1. The van der Waals surface area contributed by atoms with Gasteiger partial charge >= 0.3 is 0 Å². The molecular weight excluding hydrogens is 276 g/mol. The molecule has 2 heteroatoms. The molecule has 0 fully saturated rings. The van der Waals surface area contributed by atoms with Crippen molar-refractivity contribution in [2.45, 2.75) is 64.7 Å². The molecule has 0 N–H and O–H groups in total. The Labute approximate surface area is 116 Å². The zero-order valence-electron chi connectivity index (χ0n) is 11.3. The molecule has 1 nitrogen and oxygen atoms in total. The lowest BCUT2D eigenvalue weighted by molar-refractivity contribution is 0.161. The highest BCUT2D eigenvalue weighted by Gasteiger charge is 1.90. The molecular formula is C15H27BrO. The average Bonchev–Trinajstić information content (AvgIpc) is 2.35. The van der Waals surface area contributed by atoms with Gasteiger partial charge in [0.25, 0.3) is 0 Å². The lowest BCUT2D eigenvalue weighted by Crippen LogP contribution is -1.94. The van der Waals surface area contributed by atoms with E-state index in [0.29, 0.717) is 6.61 Å². The van der Waals surface area contributed by atoms with Crippen molar-refractivity contribution in [2.75, 3.05) is 18.5 Å². The summed E-state index contributed by atoms with van der Waals surface area (Å²) in [5.74, 6) is 6.24. The van der Waals surface area contributed by atoms with Gasteiger partial charge in [-0.1, -0.05) is 60.9 Å². The van der Waals surface area contributed by atoms with Gasteiger partial charge in [0.05, 0.1) is 0 Å². The van der Waals surface area contributed by atoms with Crippen molar-refractivity contribution in [3.05, 3.63) is 0 Å². The highest BCUT2D eigenvalue weighted by atomic mass is 79.9. The molecule has 0 aliphatic heterocycles. The van der Waals surface area contributed by atoms with E-state index in [-0.39, 0.29) is 0 Å². The minimum atomic E-state index is 0.619. The normalized spacial score (nSPS) is 10.0. The van der Waals surface area contributed by atoms with Crippen LogP contribution in [0.2, 0.25) is 0 Å². The van der Waals surface area contributed by atoms with Crippen LogP contribution in [-0.4, -0.2) is 18.5 Å². The van der Waals surface area contributed by atoms with E-state index in [4.69, 9.17) is 4.74 Å². The van der Waals surface area contributed by atoms with Gasteiger partial charge in [0.2, 0.25) is 0 Å². The molecule has 0 aromatic rings. The molecule has 0 aromatic heterocycles. The third-order valence-corrected chi connectivity index (χ3v) is 3.19. The Hall–Kier alpha value is 0. The van der Waals surface area contributed by atoms with Crippen molar-refractivity contribution in [3.63, 3.8) is 0 Å². The van der Waals surface area contributed by atoms with Crippen molar-refractivity contribution in [3.8, 4) is 11.8 Å². The summed E-state index contributed by atoms with van der Waals surface area (Å²) in [5.41, 5.74) is 0. The second-order valence-electron chi connectivity index (χ2n) is 4.32. The average molecular weight is 303 g/mol. The van der Waals surface area contributed by atoms with E-state index in [1.54, 1.807) is 0 Å². The Morgan fingerprint density at radius 3 is 2.41 bits per heavy atom. The maximum Gasteiger partial charge on any atom is 0.107 e. The molecule has 0 aromatic carbocycles. The van der Waals surface area contributed by atoms with Gasteiger partial charge in [0.1, 0.15) is 6.61 Å². The number of hydrogen-bond acceptors (Lipinski definition) is 1. The second kappa shape index (κ2) is 16.0. The molecule has 17 heavy (non-hydrogen) atoms. The summed E-state index contributed by atoms with van der Waals surface area (Å²) in [6.45, 7) is 3.71. The monoisotopic (exact) mass is 302 g/mol. The van der Waals surface area contributed by atoms with Gasteiger partial charge in [-0.05, 0) is 19.3 Å². The fourth-order valence-electron chi connectivity index (χ4n) is 1.55. The minimum Gasteiger partial charge on any atom is -0.369 e. The first kappa shape index (κ1) is 17.0. The Bertz CT molecular complexity index is 193. The maximum atomic E-state index is 5.46. The molecule has 100 valence electrons. The first-order valence-corrected chi connectivity index (χ1v) is 8.13. The number of ether oxygens (including phenoxy) is 1. The molecule has 0 aliphatic rings. The molecule has 0 radical (unpaired) electrons. The Morgan fingerprint density at radius 1 is 0.882 bits per heavy atom. The zero-order valence-corrected chi connectivity index (χ0v) is 12.9. The van der Waals surface area contributed by atoms with E-state index >= 15 is 0 Å². The quantitative estimate of drug-likeness (QED) is 0.299. The van der Waals surface area contributed by atoms with Gasteiger partial charge in [-0.25, -0.2) is 0 Å². The van der Waals surface area contributed by atoms with Crippen LogP contribution in [0, 0.1) is 11.8 Å². The Morgan fingerprint density at radius 2 is 1.65 bits per heavy atom. The standard InChI is InChI=1S/C15H27BrO/c1-2-3-4-5-8-11-14-17-15-12-9-6-7-10-13-16/h2-7,9-10,12-15H2,1H3. The smallest absolute Gasteiger partial charge is 0.107 e. The molecule has 0 aliphatic carbocycles. The van der Waals surface area contributed by atoms with E-state index in [1.165, 1.54) is 51.4 Å². The summed E-state index contributed by atoms with van der Waals surface area (Å²) < 4.78 is 5.46. The van der Waals surface area contributed by atoms with E-state index in [2.05, 4.69) is 34.7 Å². The van der Waals surface area contributed by atoms with Crippen molar-refractivity contribution in [1.82, 2.24) is 0 Å². The molecule has 0 amide bonds. The van der Waals surface area contributed by atoms with Crippen LogP contribution in [0.5, 0.6) is 0 Å². The van der Waals surface area contributed by atoms with Crippen LogP contribution >= 0.6 is 15.9 Å². The first-order valence-electron chi connectivity index (χ1n) is 7.01. The zero-order chi connectivity index (χ0) is 12.6. The third kappa shape index (κ3) is 16.0. The van der Waals surface area contributed by atoms with Gasteiger partial charge in [-0.15, -0.1) is 5.92 Å². The predicted octanol–water partition coefficient (Wildman–Crippen LogP) is 4.93. The molecule has 0 unspecified atom stereocenters. The fourth-order valence-corrected chi connectivity index (χ4v) is 1.95. The van der Waals surface area contributed by atoms with Crippen molar-refractivity contribution >= 4 is 15.9 Å². The van der Waals surface area contributed by atoms with Crippen LogP contribution in [0.25, 0.3) is 0 Å². The van der Waals surface area contributed by atoms with Crippen LogP contribution in [0.15, 0.2) is 0 Å². The predicted molar refractivity (Wildman–Crippen MR) is 79.6 cm³/mol. The van der Waals surface area contributed by atoms with Crippen LogP contribution in [0.4, 0.5) is 0 Å². The maximum absolute atomic E-state index is 5.46. The van der Waals surface area contributed by atoms with E-state index in [1.807, 2.05) is 0 Å². The number of unbranched alkanes of at least 4 members (excludes halogenated alkanes) is 7. The highest BCUT2D eigenvalue weighted by Crippen LogP contribution is 2.04. The summed E-state index contributed by atoms with van der Waals surface area (Å²) in [5, 5.41) is 1.14. The van der Waals surface area contributed by atoms with Gasteiger partial charge in [-0.3, -0.25) is 0 Å². The summed E-state index contributed by atoms with van der Waals surface area (Å²) >= 11 is 3.44. The molecule has 0 spiro atoms. The van der Waals surface area contributed by atoms with Crippen molar-refractivity contribution < 1.29 is 4.74 Å². The van der Waals surface area contributed by atoms with Gasteiger partial charge < -0.3 is 4.74 Å². The van der Waals surface area contributed by atoms with E-state index in [9.17, 15) is 0 Å². The summed E-state index contributed by atoms with van der Waals surface area (Å²) in [6, 6.07) is 0. The van der Waals surface area contributed by atoms with Crippen LogP contribution in [0.3, 0.4) is 0 Å². The largest absolute Gasteiger partial charge is 0.369 e. The topological polar surface area (TPSA) is 9.23 Å². The lowest BCUT2D eigenvalue weighted by atomic mass is 10.2. The first-order chi connectivity index (χ1) is 8.41. The van der Waals surface area contributed by atoms with Gasteiger partial charge in [-0.2, -0.15) is 0 Å².